The first-order valence-electron chi connectivity index (χ1n) is 10.1. The van der Waals surface area contributed by atoms with Gasteiger partial charge in [0.1, 0.15) is 0 Å². The van der Waals surface area contributed by atoms with Crippen molar-refractivity contribution >= 4 is 34.9 Å². The summed E-state index contributed by atoms with van der Waals surface area (Å²) in [5.74, 6) is 0.166. The Morgan fingerprint density at radius 3 is 2.70 bits per heavy atom. The molecule has 0 spiro atoms. The third kappa shape index (κ3) is 5.64. The molecule has 1 aliphatic heterocycles. The molecule has 156 valence electrons. The van der Waals surface area contributed by atoms with Crippen molar-refractivity contribution < 1.29 is 9.59 Å². The van der Waals surface area contributed by atoms with E-state index < -0.39 is 0 Å². The van der Waals surface area contributed by atoms with Crippen LogP contribution < -0.4 is 16.0 Å². The van der Waals surface area contributed by atoms with E-state index in [1.807, 2.05) is 12.3 Å². The lowest BCUT2D eigenvalue weighted by Crippen LogP contribution is -2.38. The van der Waals surface area contributed by atoms with Crippen LogP contribution in [0.4, 0.5) is 10.7 Å². The highest BCUT2D eigenvalue weighted by atomic mass is 32.2. The van der Waals surface area contributed by atoms with Gasteiger partial charge < -0.3 is 10.6 Å². The van der Waals surface area contributed by atoms with Gasteiger partial charge in [-0.15, -0.1) is 0 Å². The lowest BCUT2D eigenvalue weighted by Gasteiger charge is -2.29. The maximum atomic E-state index is 11.7. The van der Waals surface area contributed by atoms with Crippen molar-refractivity contribution in [1.82, 2.24) is 25.6 Å². The number of hydrogen-bond acceptors (Lipinski definition) is 8. The summed E-state index contributed by atoms with van der Waals surface area (Å²) in [4.78, 5) is 36.2. The van der Waals surface area contributed by atoms with E-state index in [-0.39, 0.29) is 11.1 Å². The van der Waals surface area contributed by atoms with Crippen molar-refractivity contribution in [2.24, 2.45) is 0 Å². The fraction of sp³-hybridized carbons (Fsp3) is 0.381. The van der Waals surface area contributed by atoms with Gasteiger partial charge in [-0.3, -0.25) is 19.9 Å². The average molecular weight is 425 g/mol. The minimum Gasteiger partial charge on any atom is -0.351 e. The lowest BCUT2D eigenvalue weighted by molar-refractivity contribution is -0.115. The van der Waals surface area contributed by atoms with Gasteiger partial charge in [0.25, 0.3) is 11.1 Å². The number of imide groups is 1. The second-order valence-electron chi connectivity index (χ2n) is 7.42. The average Bonchev–Trinajstić information content (AvgIpc) is 3.07. The molecule has 2 aromatic rings. The zero-order valence-corrected chi connectivity index (χ0v) is 17.3. The number of pyridine rings is 1. The Labute approximate surface area is 179 Å². The Hall–Kier alpha value is -2.78. The third-order valence-electron chi connectivity index (χ3n) is 5.23. The molecule has 2 fully saturated rings. The summed E-state index contributed by atoms with van der Waals surface area (Å²) >= 11 is 0.885. The summed E-state index contributed by atoms with van der Waals surface area (Å²) in [6.45, 7) is 0.961. The molecule has 3 N–H and O–H groups in total. The van der Waals surface area contributed by atoms with Crippen LogP contribution >= 0.6 is 11.8 Å². The summed E-state index contributed by atoms with van der Waals surface area (Å²) in [5, 5.41) is 8.94. The fourth-order valence-corrected chi connectivity index (χ4v) is 4.34. The Bertz CT molecular complexity index is 928. The van der Waals surface area contributed by atoms with E-state index >= 15 is 0 Å². The third-order valence-corrected chi connectivity index (χ3v) is 6.04. The predicted molar refractivity (Wildman–Crippen MR) is 117 cm³/mol. The largest absolute Gasteiger partial charge is 0.351 e. The fourth-order valence-electron chi connectivity index (χ4n) is 3.67. The van der Waals surface area contributed by atoms with Crippen LogP contribution in [-0.2, 0) is 11.2 Å². The molecule has 0 radical (unpaired) electrons. The number of aromatic nitrogens is 3. The molecule has 0 bridgehead atoms. The molecular formula is C21H24N6O2S. The minimum absolute atomic E-state index is 0.329. The highest BCUT2D eigenvalue weighted by Gasteiger charge is 2.25. The number of nitrogens with zero attached hydrogens (tertiary/aromatic N) is 3. The van der Waals surface area contributed by atoms with Crippen molar-refractivity contribution in [1.29, 1.82) is 0 Å². The zero-order chi connectivity index (χ0) is 20.8. The molecular weight excluding hydrogens is 400 g/mol. The standard InChI is InChI=1S/C21H24N6O2S/c28-19-18(30-21(29)27-19)12-17-8-11-24-20(26-17)25-16-5-3-15(4-6-16)23-10-7-14-2-1-9-22-13-14/h1-2,8-9,11-13,15-16,23H,3-7,10H2,(H,24,25,26)(H,27,28,29). The zero-order valence-electron chi connectivity index (χ0n) is 16.5. The van der Waals surface area contributed by atoms with Crippen molar-refractivity contribution in [2.45, 2.75) is 44.2 Å². The highest BCUT2D eigenvalue weighted by molar-refractivity contribution is 8.18. The lowest BCUT2D eigenvalue weighted by atomic mass is 9.91. The number of amides is 2. The Morgan fingerprint density at radius 1 is 1.13 bits per heavy atom. The second-order valence-corrected chi connectivity index (χ2v) is 8.43. The molecule has 1 saturated carbocycles. The van der Waals surface area contributed by atoms with Gasteiger partial charge in [0, 0.05) is 30.7 Å². The van der Waals surface area contributed by atoms with Crippen LogP contribution in [0, 0.1) is 0 Å². The van der Waals surface area contributed by atoms with Crippen molar-refractivity contribution in [2.75, 3.05) is 11.9 Å². The molecule has 4 rings (SSSR count). The SMILES string of the molecule is O=C1NC(=O)C(=Cc2ccnc(NC3CCC(NCCc4cccnc4)CC3)n2)S1. The molecule has 0 aromatic carbocycles. The van der Waals surface area contributed by atoms with Gasteiger partial charge in [-0.1, -0.05) is 6.07 Å². The number of carbonyl (C=O) groups excluding carboxylic acids is 2. The quantitative estimate of drug-likeness (QED) is 0.582. The highest BCUT2D eigenvalue weighted by Crippen LogP contribution is 2.25. The topological polar surface area (TPSA) is 109 Å². The first-order chi connectivity index (χ1) is 14.7. The van der Waals surface area contributed by atoms with E-state index in [0.29, 0.717) is 28.6 Å². The first-order valence-corrected chi connectivity index (χ1v) is 10.9. The molecule has 30 heavy (non-hydrogen) atoms. The minimum atomic E-state index is -0.382. The second kappa shape index (κ2) is 9.82. The number of anilines is 1. The van der Waals surface area contributed by atoms with Crippen LogP contribution in [0.2, 0.25) is 0 Å². The predicted octanol–water partition coefficient (Wildman–Crippen LogP) is 2.75. The molecule has 1 saturated heterocycles. The van der Waals surface area contributed by atoms with Crippen LogP contribution in [0.5, 0.6) is 0 Å². The summed E-state index contributed by atoms with van der Waals surface area (Å²) in [7, 11) is 0. The van der Waals surface area contributed by atoms with Gasteiger partial charge in [-0.25, -0.2) is 9.97 Å². The van der Waals surface area contributed by atoms with Crippen LogP contribution in [0.15, 0.2) is 41.7 Å². The molecule has 2 amide bonds. The van der Waals surface area contributed by atoms with Gasteiger partial charge >= 0.3 is 0 Å². The molecule has 0 unspecified atom stereocenters. The van der Waals surface area contributed by atoms with Gasteiger partial charge in [0.15, 0.2) is 0 Å². The number of rotatable bonds is 7. The number of nitrogens with one attached hydrogen (secondary N) is 3. The summed E-state index contributed by atoms with van der Waals surface area (Å²) in [6, 6.07) is 6.66. The van der Waals surface area contributed by atoms with Gasteiger partial charge in [0.2, 0.25) is 5.95 Å². The van der Waals surface area contributed by atoms with Gasteiger partial charge in [-0.05, 0) is 74.2 Å². The molecule has 2 aliphatic rings. The van der Waals surface area contributed by atoms with Crippen molar-refractivity contribution in [3.8, 4) is 0 Å². The van der Waals surface area contributed by atoms with Crippen LogP contribution in [-0.4, -0.2) is 44.7 Å². The monoisotopic (exact) mass is 424 g/mol. The number of hydrogen-bond donors (Lipinski definition) is 3. The van der Waals surface area contributed by atoms with E-state index in [0.717, 1.165) is 50.4 Å². The van der Waals surface area contributed by atoms with Gasteiger partial charge in [-0.2, -0.15) is 0 Å². The smallest absolute Gasteiger partial charge is 0.290 e. The molecule has 3 heterocycles. The van der Waals surface area contributed by atoms with E-state index in [1.165, 1.54) is 5.56 Å². The molecule has 9 heteroatoms. The van der Waals surface area contributed by atoms with Gasteiger partial charge in [0.05, 0.1) is 10.6 Å². The van der Waals surface area contributed by atoms with Crippen LogP contribution in [0.25, 0.3) is 6.08 Å². The number of thioether (sulfide) groups is 1. The number of carbonyl (C=O) groups is 2. The summed E-state index contributed by atoms with van der Waals surface area (Å²) in [6.07, 6.45) is 12.3. The molecule has 0 atom stereocenters. The first kappa shape index (κ1) is 20.5. The van der Waals surface area contributed by atoms with Crippen molar-refractivity contribution in [3.63, 3.8) is 0 Å². The molecule has 8 nitrogen and oxygen atoms in total. The van der Waals surface area contributed by atoms with E-state index in [4.69, 9.17) is 0 Å². The van der Waals surface area contributed by atoms with Crippen LogP contribution in [0.1, 0.15) is 36.9 Å². The van der Waals surface area contributed by atoms with E-state index in [2.05, 4.69) is 37.0 Å². The Morgan fingerprint density at radius 2 is 1.97 bits per heavy atom. The van der Waals surface area contributed by atoms with E-state index in [9.17, 15) is 9.59 Å². The summed E-state index contributed by atoms with van der Waals surface area (Å²) in [5.41, 5.74) is 1.86. The Kier molecular flexibility index (Phi) is 6.70. The van der Waals surface area contributed by atoms with Crippen molar-refractivity contribution in [3.05, 3.63) is 53.0 Å². The van der Waals surface area contributed by atoms with Crippen LogP contribution in [0.3, 0.4) is 0 Å². The summed E-state index contributed by atoms with van der Waals surface area (Å²) < 4.78 is 0. The Balaban J connectivity index is 1.24. The maximum absolute atomic E-state index is 11.7. The normalized spacial score (nSPS) is 22.9. The molecule has 1 aliphatic carbocycles. The maximum Gasteiger partial charge on any atom is 0.290 e. The van der Waals surface area contributed by atoms with E-state index in [1.54, 1.807) is 24.5 Å². The molecule has 2 aromatic heterocycles.